The predicted molar refractivity (Wildman–Crippen MR) is 91.1 cm³/mol. The van der Waals surface area contributed by atoms with Gasteiger partial charge in [0.2, 0.25) is 0 Å². The van der Waals surface area contributed by atoms with Gasteiger partial charge in [-0.1, -0.05) is 13.8 Å². The van der Waals surface area contributed by atoms with Gasteiger partial charge in [-0.25, -0.2) is 14.6 Å². The topological polar surface area (TPSA) is 84.1 Å². The molecule has 2 aromatic heterocycles. The maximum atomic E-state index is 13.0. The van der Waals surface area contributed by atoms with Gasteiger partial charge in [0.15, 0.2) is 11.5 Å². The van der Waals surface area contributed by atoms with Crippen LogP contribution in [0.2, 0.25) is 0 Å². The van der Waals surface area contributed by atoms with Crippen molar-refractivity contribution in [2.24, 2.45) is 5.92 Å². The van der Waals surface area contributed by atoms with Gasteiger partial charge in [0.25, 0.3) is 5.91 Å². The van der Waals surface area contributed by atoms with Crippen molar-refractivity contribution in [2.75, 3.05) is 6.54 Å². The number of rotatable bonds is 4. The summed E-state index contributed by atoms with van der Waals surface area (Å²) in [6.07, 6.45) is 4.65. The Morgan fingerprint density at radius 2 is 2.16 bits per heavy atom. The minimum Gasteiger partial charge on any atom is -0.505 e. The Hall–Kier alpha value is -2.44. The van der Waals surface area contributed by atoms with Crippen LogP contribution in [0, 0.1) is 5.92 Å². The highest BCUT2D eigenvalue weighted by Gasteiger charge is 2.38. The summed E-state index contributed by atoms with van der Waals surface area (Å²) in [5.41, 5.74) is 0.103. The zero-order valence-corrected chi connectivity index (χ0v) is 14.6. The molecule has 1 amide bonds. The number of hydrogen-bond donors (Lipinski definition) is 1. The highest BCUT2D eigenvalue weighted by molar-refractivity contribution is 5.95. The second-order valence-electron chi connectivity index (χ2n) is 7.34. The predicted octanol–water partition coefficient (Wildman–Crippen LogP) is 2.50. The van der Waals surface area contributed by atoms with E-state index >= 15 is 0 Å². The van der Waals surface area contributed by atoms with Crippen LogP contribution in [0.4, 0.5) is 0 Å². The first-order chi connectivity index (χ1) is 12.0. The Kier molecular flexibility index (Phi) is 3.94. The van der Waals surface area contributed by atoms with Gasteiger partial charge in [-0.2, -0.15) is 5.10 Å². The summed E-state index contributed by atoms with van der Waals surface area (Å²) < 4.78 is 1.96. The molecule has 1 aliphatic heterocycles. The molecule has 1 fully saturated rings. The molecule has 7 heteroatoms. The van der Waals surface area contributed by atoms with Gasteiger partial charge in [0.1, 0.15) is 11.6 Å². The summed E-state index contributed by atoms with van der Waals surface area (Å²) in [6.45, 7) is 5.45. The van der Waals surface area contributed by atoms with E-state index < -0.39 is 0 Å². The van der Waals surface area contributed by atoms with Crippen molar-refractivity contribution in [3.8, 4) is 5.75 Å². The van der Waals surface area contributed by atoms with Crippen LogP contribution in [0.15, 0.2) is 18.3 Å². The molecule has 7 nitrogen and oxygen atoms in total. The monoisotopic (exact) mass is 341 g/mol. The lowest BCUT2D eigenvalue weighted by Crippen LogP contribution is -2.43. The lowest BCUT2D eigenvalue weighted by atomic mass is 9.99. The fourth-order valence-corrected chi connectivity index (χ4v) is 3.42. The Labute approximate surface area is 146 Å². The third kappa shape index (κ3) is 2.99. The first kappa shape index (κ1) is 16.1. The van der Waals surface area contributed by atoms with Gasteiger partial charge in [-0.15, -0.1) is 0 Å². The molecule has 1 atom stereocenters. The van der Waals surface area contributed by atoms with Gasteiger partial charge < -0.3 is 10.0 Å². The molecule has 0 aromatic carbocycles. The standard InChI is InChI=1S/C18H23N5O2/c1-11(2)10-13-17-20-16(12-5-6-12)21-23(17)9-8-22(13)18(25)15-14(24)4-3-7-19-15/h3-4,7,11-13,24H,5-6,8-10H2,1-2H3/t13-/m0/s1. The van der Waals surface area contributed by atoms with Crippen molar-refractivity contribution in [1.82, 2.24) is 24.6 Å². The second-order valence-corrected chi connectivity index (χ2v) is 7.34. The maximum Gasteiger partial charge on any atom is 0.276 e. The first-order valence-electron chi connectivity index (χ1n) is 8.94. The lowest BCUT2D eigenvalue weighted by molar-refractivity contribution is 0.0569. The highest BCUT2D eigenvalue weighted by atomic mass is 16.3. The Morgan fingerprint density at radius 1 is 1.36 bits per heavy atom. The third-order valence-corrected chi connectivity index (χ3v) is 4.83. The molecule has 1 N–H and O–H groups in total. The van der Waals surface area contributed by atoms with E-state index in [0.717, 1.165) is 30.9 Å². The van der Waals surface area contributed by atoms with Crippen molar-refractivity contribution in [3.63, 3.8) is 0 Å². The summed E-state index contributed by atoms with van der Waals surface area (Å²) in [7, 11) is 0. The van der Waals surface area contributed by atoms with Crippen LogP contribution < -0.4 is 0 Å². The second kappa shape index (κ2) is 6.13. The van der Waals surface area contributed by atoms with E-state index in [9.17, 15) is 9.90 Å². The fourth-order valence-electron chi connectivity index (χ4n) is 3.42. The number of aromatic nitrogens is 4. The van der Waals surface area contributed by atoms with Crippen LogP contribution in [-0.4, -0.2) is 42.2 Å². The third-order valence-electron chi connectivity index (χ3n) is 4.83. The minimum absolute atomic E-state index is 0.0819. The van der Waals surface area contributed by atoms with Crippen molar-refractivity contribution in [2.45, 2.75) is 51.6 Å². The number of hydrogen-bond acceptors (Lipinski definition) is 5. The number of carbonyl (C=O) groups is 1. The molecule has 3 heterocycles. The summed E-state index contributed by atoms with van der Waals surface area (Å²) in [5, 5.41) is 14.7. The number of fused-ring (bicyclic) bond motifs is 1. The normalized spacial score (nSPS) is 20.0. The van der Waals surface area contributed by atoms with E-state index in [-0.39, 0.29) is 23.4 Å². The SMILES string of the molecule is CC(C)C[C@H]1c2nc(C3CC3)nn2CCN1C(=O)c1ncccc1O. The Morgan fingerprint density at radius 3 is 2.84 bits per heavy atom. The van der Waals surface area contributed by atoms with E-state index in [1.54, 1.807) is 11.0 Å². The molecule has 0 saturated heterocycles. The molecule has 0 spiro atoms. The first-order valence-corrected chi connectivity index (χ1v) is 8.94. The molecule has 2 aliphatic rings. The van der Waals surface area contributed by atoms with E-state index in [1.165, 1.54) is 12.3 Å². The Balaban J connectivity index is 1.69. The van der Waals surface area contributed by atoms with Crippen molar-refractivity contribution < 1.29 is 9.90 Å². The number of carbonyl (C=O) groups excluding carboxylic acids is 1. The van der Waals surface area contributed by atoms with Crippen LogP contribution in [-0.2, 0) is 6.54 Å². The summed E-state index contributed by atoms with van der Waals surface area (Å²) in [6, 6.07) is 2.98. The number of amides is 1. The smallest absolute Gasteiger partial charge is 0.276 e. The molecule has 1 saturated carbocycles. The summed E-state index contributed by atoms with van der Waals surface area (Å²) in [4.78, 5) is 23.7. The van der Waals surface area contributed by atoms with Crippen LogP contribution >= 0.6 is 0 Å². The van der Waals surface area contributed by atoms with Gasteiger partial charge in [0, 0.05) is 18.7 Å². The van der Waals surface area contributed by atoms with E-state index in [4.69, 9.17) is 4.98 Å². The lowest BCUT2D eigenvalue weighted by Gasteiger charge is -2.36. The van der Waals surface area contributed by atoms with Crippen LogP contribution in [0.5, 0.6) is 5.75 Å². The summed E-state index contributed by atoms with van der Waals surface area (Å²) in [5.74, 6) is 2.35. The molecule has 132 valence electrons. The summed E-state index contributed by atoms with van der Waals surface area (Å²) >= 11 is 0. The molecule has 1 aliphatic carbocycles. The number of nitrogens with zero attached hydrogens (tertiary/aromatic N) is 5. The Bertz CT molecular complexity index is 797. The van der Waals surface area contributed by atoms with Gasteiger partial charge in [-0.3, -0.25) is 4.79 Å². The fraction of sp³-hybridized carbons (Fsp3) is 0.556. The molecule has 4 rings (SSSR count). The van der Waals surface area contributed by atoms with E-state index in [0.29, 0.717) is 24.9 Å². The van der Waals surface area contributed by atoms with Crippen LogP contribution in [0.3, 0.4) is 0 Å². The van der Waals surface area contributed by atoms with E-state index in [1.807, 2.05) is 4.68 Å². The average molecular weight is 341 g/mol. The quantitative estimate of drug-likeness (QED) is 0.923. The highest BCUT2D eigenvalue weighted by Crippen LogP contribution is 2.40. The maximum absolute atomic E-state index is 13.0. The molecule has 25 heavy (non-hydrogen) atoms. The van der Waals surface area contributed by atoms with E-state index in [2.05, 4.69) is 23.9 Å². The molecule has 2 aromatic rings. The molecule has 0 bridgehead atoms. The van der Waals surface area contributed by atoms with Gasteiger partial charge >= 0.3 is 0 Å². The zero-order chi connectivity index (χ0) is 17.6. The number of aromatic hydroxyl groups is 1. The zero-order valence-electron chi connectivity index (χ0n) is 14.6. The number of pyridine rings is 1. The van der Waals surface area contributed by atoms with Gasteiger partial charge in [-0.05, 0) is 37.3 Å². The van der Waals surface area contributed by atoms with Crippen molar-refractivity contribution in [1.29, 1.82) is 0 Å². The largest absolute Gasteiger partial charge is 0.505 e. The molecule has 0 unspecified atom stereocenters. The van der Waals surface area contributed by atoms with Crippen molar-refractivity contribution in [3.05, 3.63) is 35.7 Å². The molecule has 0 radical (unpaired) electrons. The van der Waals surface area contributed by atoms with Crippen LogP contribution in [0.1, 0.15) is 67.2 Å². The molecular formula is C18H23N5O2. The van der Waals surface area contributed by atoms with Crippen molar-refractivity contribution >= 4 is 5.91 Å². The minimum atomic E-state index is -0.244. The van der Waals surface area contributed by atoms with Gasteiger partial charge in [0.05, 0.1) is 12.6 Å². The average Bonchev–Trinajstić information content (AvgIpc) is 3.34. The van der Waals surface area contributed by atoms with Crippen LogP contribution in [0.25, 0.3) is 0 Å². The molecular weight excluding hydrogens is 318 g/mol.